The highest BCUT2D eigenvalue weighted by Crippen LogP contribution is 2.20. The van der Waals surface area contributed by atoms with Crippen LogP contribution >= 0.6 is 0 Å². The largest absolute Gasteiger partial charge is 0.394 e. The van der Waals surface area contributed by atoms with Crippen LogP contribution in [-0.4, -0.2) is 60.7 Å². The molecule has 0 aromatic heterocycles. The van der Waals surface area contributed by atoms with Gasteiger partial charge in [-0.25, -0.2) is 0 Å². The molecule has 4 heteroatoms. The lowest BCUT2D eigenvalue weighted by Crippen LogP contribution is -2.44. The van der Waals surface area contributed by atoms with Gasteiger partial charge in [0, 0.05) is 13.1 Å². The molecular formula is C11H23NO3. The SMILES string of the molecule is CC[C@@H]1CCN(CCOCCO)C[C@H]1O. The average Bonchev–Trinajstić information content (AvgIpc) is 2.25. The van der Waals surface area contributed by atoms with Crippen molar-refractivity contribution in [2.45, 2.75) is 25.9 Å². The fourth-order valence-corrected chi connectivity index (χ4v) is 2.09. The molecule has 1 aliphatic rings. The number of β-amino-alcohol motifs (C(OH)–C–C–N with tert-alkyl or cyclic N) is 1. The Labute approximate surface area is 91.8 Å². The summed E-state index contributed by atoms with van der Waals surface area (Å²) in [5.41, 5.74) is 0. The van der Waals surface area contributed by atoms with Crippen molar-refractivity contribution in [3.8, 4) is 0 Å². The van der Waals surface area contributed by atoms with Crippen molar-refractivity contribution in [1.82, 2.24) is 4.90 Å². The zero-order chi connectivity index (χ0) is 11.1. The second-order valence-electron chi connectivity index (χ2n) is 4.16. The van der Waals surface area contributed by atoms with Crippen molar-refractivity contribution < 1.29 is 14.9 Å². The summed E-state index contributed by atoms with van der Waals surface area (Å²) >= 11 is 0. The Morgan fingerprint density at radius 1 is 1.40 bits per heavy atom. The van der Waals surface area contributed by atoms with Crippen LogP contribution < -0.4 is 0 Å². The number of likely N-dealkylation sites (tertiary alicyclic amines) is 1. The number of hydrogen-bond acceptors (Lipinski definition) is 4. The maximum Gasteiger partial charge on any atom is 0.0698 e. The van der Waals surface area contributed by atoms with E-state index in [0.29, 0.717) is 19.1 Å². The van der Waals surface area contributed by atoms with Gasteiger partial charge in [-0.3, -0.25) is 4.90 Å². The summed E-state index contributed by atoms with van der Waals surface area (Å²) in [4.78, 5) is 2.23. The van der Waals surface area contributed by atoms with Gasteiger partial charge in [-0.1, -0.05) is 13.3 Å². The molecule has 1 saturated heterocycles. The standard InChI is InChI=1S/C11H23NO3/c1-2-10-3-4-12(9-11(10)14)5-7-15-8-6-13/h10-11,13-14H,2-9H2,1H3/t10-,11-/m1/s1. The van der Waals surface area contributed by atoms with Gasteiger partial charge < -0.3 is 14.9 Å². The molecule has 0 bridgehead atoms. The van der Waals surface area contributed by atoms with Crippen molar-refractivity contribution in [3.63, 3.8) is 0 Å². The minimum Gasteiger partial charge on any atom is -0.394 e. The summed E-state index contributed by atoms with van der Waals surface area (Å²) in [5.74, 6) is 0.472. The lowest BCUT2D eigenvalue weighted by Gasteiger charge is -2.35. The average molecular weight is 217 g/mol. The third kappa shape index (κ3) is 4.47. The van der Waals surface area contributed by atoms with E-state index < -0.39 is 0 Å². The first-order chi connectivity index (χ1) is 7.27. The van der Waals surface area contributed by atoms with Crippen molar-refractivity contribution in [2.75, 3.05) is 39.5 Å². The molecule has 0 saturated carbocycles. The van der Waals surface area contributed by atoms with Gasteiger partial charge in [-0.05, 0) is 18.9 Å². The van der Waals surface area contributed by atoms with E-state index in [2.05, 4.69) is 11.8 Å². The van der Waals surface area contributed by atoms with E-state index in [9.17, 15) is 5.11 Å². The van der Waals surface area contributed by atoms with Gasteiger partial charge in [0.05, 0.1) is 25.9 Å². The smallest absolute Gasteiger partial charge is 0.0698 e. The monoisotopic (exact) mass is 217 g/mol. The third-order valence-corrected chi connectivity index (χ3v) is 3.12. The molecule has 0 unspecified atom stereocenters. The van der Waals surface area contributed by atoms with Gasteiger partial charge >= 0.3 is 0 Å². The molecule has 2 atom stereocenters. The fourth-order valence-electron chi connectivity index (χ4n) is 2.09. The van der Waals surface area contributed by atoms with Gasteiger partial charge in [0.15, 0.2) is 0 Å². The maximum absolute atomic E-state index is 9.82. The van der Waals surface area contributed by atoms with E-state index in [4.69, 9.17) is 9.84 Å². The number of nitrogens with zero attached hydrogens (tertiary/aromatic N) is 1. The molecule has 2 N–H and O–H groups in total. The highest BCUT2D eigenvalue weighted by Gasteiger charge is 2.25. The summed E-state index contributed by atoms with van der Waals surface area (Å²) in [6, 6.07) is 0. The van der Waals surface area contributed by atoms with E-state index in [0.717, 1.165) is 32.5 Å². The molecule has 4 nitrogen and oxygen atoms in total. The first kappa shape index (κ1) is 12.9. The second kappa shape index (κ2) is 7.17. The Balaban J connectivity index is 2.11. The number of piperidine rings is 1. The molecule has 0 aromatic carbocycles. The van der Waals surface area contributed by atoms with Gasteiger partial charge in [0.1, 0.15) is 0 Å². The van der Waals surface area contributed by atoms with Gasteiger partial charge in [0.25, 0.3) is 0 Å². The van der Waals surface area contributed by atoms with Crippen LogP contribution in [0.15, 0.2) is 0 Å². The van der Waals surface area contributed by atoms with Crippen molar-refractivity contribution >= 4 is 0 Å². The third-order valence-electron chi connectivity index (χ3n) is 3.12. The van der Waals surface area contributed by atoms with Crippen LogP contribution in [0.4, 0.5) is 0 Å². The molecule has 1 heterocycles. The minimum atomic E-state index is -0.179. The Morgan fingerprint density at radius 2 is 2.20 bits per heavy atom. The molecule has 90 valence electrons. The Bertz CT molecular complexity index is 166. The Hall–Kier alpha value is -0.160. The summed E-state index contributed by atoms with van der Waals surface area (Å²) in [5, 5.41) is 18.4. The van der Waals surface area contributed by atoms with E-state index in [1.807, 2.05) is 0 Å². The highest BCUT2D eigenvalue weighted by molar-refractivity contribution is 4.78. The normalized spacial score (nSPS) is 28.2. The zero-order valence-corrected chi connectivity index (χ0v) is 9.56. The predicted molar refractivity (Wildman–Crippen MR) is 58.7 cm³/mol. The summed E-state index contributed by atoms with van der Waals surface area (Å²) in [6.07, 6.45) is 1.97. The minimum absolute atomic E-state index is 0.0839. The molecule has 15 heavy (non-hydrogen) atoms. The maximum atomic E-state index is 9.82. The fraction of sp³-hybridized carbons (Fsp3) is 1.00. The molecule has 0 aliphatic carbocycles. The molecule has 0 amide bonds. The molecule has 1 fully saturated rings. The van der Waals surface area contributed by atoms with E-state index in [-0.39, 0.29) is 12.7 Å². The quantitative estimate of drug-likeness (QED) is 0.619. The van der Waals surface area contributed by atoms with Crippen LogP contribution in [0.1, 0.15) is 19.8 Å². The molecule has 0 radical (unpaired) electrons. The highest BCUT2D eigenvalue weighted by atomic mass is 16.5. The van der Waals surface area contributed by atoms with E-state index in [1.54, 1.807) is 0 Å². The topological polar surface area (TPSA) is 52.9 Å². The molecule has 1 rings (SSSR count). The second-order valence-corrected chi connectivity index (χ2v) is 4.16. The van der Waals surface area contributed by atoms with Gasteiger partial charge in [-0.2, -0.15) is 0 Å². The number of aliphatic hydroxyl groups excluding tert-OH is 2. The van der Waals surface area contributed by atoms with Crippen LogP contribution in [-0.2, 0) is 4.74 Å². The number of rotatable bonds is 6. The van der Waals surface area contributed by atoms with Crippen LogP contribution in [0.25, 0.3) is 0 Å². The van der Waals surface area contributed by atoms with E-state index >= 15 is 0 Å². The van der Waals surface area contributed by atoms with Crippen LogP contribution in [0.2, 0.25) is 0 Å². The van der Waals surface area contributed by atoms with Gasteiger partial charge in [0.2, 0.25) is 0 Å². The first-order valence-corrected chi connectivity index (χ1v) is 5.87. The van der Waals surface area contributed by atoms with Gasteiger partial charge in [-0.15, -0.1) is 0 Å². The van der Waals surface area contributed by atoms with Crippen LogP contribution in [0.3, 0.4) is 0 Å². The van der Waals surface area contributed by atoms with Crippen LogP contribution in [0, 0.1) is 5.92 Å². The van der Waals surface area contributed by atoms with E-state index in [1.165, 1.54) is 0 Å². The first-order valence-electron chi connectivity index (χ1n) is 5.87. The Kier molecular flexibility index (Phi) is 6.17. The number of aliphatic hydroxyl groups is 2. The van der Waals surface area contributed by atoms with Crippen molar-refractivity contribution in [1.29, 1.82) is 0 Å². The van der Waals surface area contributed by atoms with Crippen LogP contribution in [0.5, 0.6) is 0 Å². The summed E-state index contributed by atoms with van der Waals surface area (Å²) < 4.78 is 5.20. The Morgan fingerprint density at radius 3 is 2.80 bits per heavy atom. The lowest BCUT2D eigenvalue weighted by atomic mass is 9.92. The zero-order valence-electron chi connectivity index (χ0n) is 9.56. The molecule has 0 aromatic rings. The number of hydrogen-bond donors (Lipinski definition) is 2. The van der Waals surface area contributed by atoms with Crippen molar-refractivity contribution in [3.05, 3.63) is 0 Å². The molecule has 1 aliphatic heterocycles. The van der Waals surface area contributed by atoms with Crippen molar-refractivity contribution in [2.24, 2.45) is 5.92 Å². The summed E-state index contributed by atoms with van der Waals surface area (Å²) in [6.45, 7) is 5.94. The lowest BCUT2D eigenvalue weighted by molar-refractivity contribution is 0.00410. The molecular weight excluding hydrogens is 194 g/mol. The number of ether oxygens (including phenoxy) is 1. The predicted octanol–water partition coefficient (Wildman–Crippen LogP) is 0.0881. The molecule has 0 spiro atoms. The summed E-state index contributed by atoms with van der Waals surface area (Å²) in [7, 11) is 0.